The molecule has 1 aliphatic rings. The zero-order chi connectivity index (χ0) is 13.9. The van der Waals surface area contributed by atoms with Gasteiger partial charge in [-0.2, -0.15) is 0 Å². The summed E-state index contributed by atoms with van der Waals surface area (Å²) < 4.78 is 10.6. The topological polar surface area (TPSA) is 59.5 Å². The molecule has 5 nitrogen and oxygen atoms in total. The van der Waals surface area contributed by atoms with Crippen LogP contribution in [0.4, 0.5) is 0 Å². The summed E-state index contributed by atoms with van der Waals surface area (Å²) >= 11 is 0. The molecule has 106 valence electrons. The Morgan fingerprint density at radius 1 is 1.55 bits per heavy atom. The van der Waals surface area contributed by atoms with Crippen LogP contribution in [0.5, 0.6) is 0 Å². The number of aryl methyl sites for hydroxylation is 1. The van der Waals surface area contributed by atoms with E-state index in [0.717, 1.165) is 43.7 Å². The van der Waals surface area contributed by atoms with Crippen molar-refractivity contribution < 1.29 is 13.7 Å². The summed E-state index contributed by atoms with van der Waals surface area (Å²) in [6.07, 6.45) is 5.34. The average Bonchev–Trinajstić information content (AvgIpc) is 3.19. The lowest BCUT2D eigenvalue weighted by Crippen LogP contribution is -2.30. The van der Waals surface area contributed by atoms with E-state index < -0.39 is 0 Å². The van der Waals surface area contributed by atoms with Gasteiger partial charge in [0, 0.05) is 19.0 Å². The molecule has 3 heterocycles. The van der Waals surface area contributed by atoms with Gasteiger partial charge in [-0.25, -0.2) is 0 Å². The van der Waals surface area contributed by atoms with Crippen molar-refractivity contribution >= 4 is 5.91 Å². The third-order valence-electron chi connectivity index (χ3n) is 3.66. The van der Waals surface area contributed by atoms with Gasteiger partial charge in [0.1, 0.15) is 11.5 Å². The molecule has 1 atom stereocenters. The average molecular weight is 274 g/mol. The molecule has 20 heavy (non-hydrogen) atoms. The molecule has 0 aromatic carbocycles. The minimum atomic E-state index is -0.0741. The van der Waals surface area contributed by atoms with E-state index in [-0.39, 0.29) is 11.9 Å². The summed E-state index contributed by atoms with van der Waals surface area (Å²) in [6, 6.07) is 5.54. The van der Waals surface area contributed by atoms with E-state index in [9.17, 15) is 4.79 Å². The third kappa shape index (κ3) is 2.35. The van der Waals surface area contributed by atoms with Crippen molar-refractivity contribution in [1.82, 2.24) is 10.1 Å². The Balaban J connectivity index is 1.78. The van der Waals surface area contributed by atoms with Crippen LogP contribution < -0.4 is 0 Å². The van der Waals surface area contributed by atoms with Gasteiger partial charge in [-0.05, 0) is 31.4 Å². The molecule has 0 spiro atoms. The lowest BCUT2D eigenvalue weighted by molar-refractivity contribution is 0.0709. The van der Waals surface area contributed by atoms with Crippen molar-refractivity contribution in [2.24, 2.45) is 0 Å². The van der Waals surface area contributed by atoms with Gasteiger partial charge in [0.05, 0.1) is 12.3 Å². The monoisotopic (exact) mass is 274 g/mol. The number of furan rings is 1. The van der Waals surface area contributed by atoms with Crippen LogP contribution in [0, 0.1) is 0 Å². The predicted octanol–water partition coefficient (Wildman–Crippen LogP) is 3.20. The molecule has 0 unspecified atom stereocenters. The quantitative estimate of drug-likeness (QED) is 0.859. The van der Waals surface area contributed by atoms with Crippen LogP contribution in [0.3, 0.4) is 0 Å². The smallest absolute Gasteiger partial charge is 0.276 e. The van der Waals surface area contributed by atoms with Gasteiger partial charge in [-0.3, -0.25) is 4.79 Å². The number of aromatic nitrogens is 1. The second kappa shape index (κ2) is 5.53. The molecule has 1 saturated heterocycles. The first kappa shape index (κ1) is 13.0. The first-order valence-corrected chi connectivity index (χ1v) is 7.09. The van der Waals surface area contributed by atoms with Crippen LogP contribution in [0.15, 0.2) is 33.4 Å². The number of hydrogen-bond donors (Lipinski definition) is 0. The summed E-state index contributed by atoms with van der Waals surface area (Å²) in [7, 11) is 0. The van der Waals surface area contributed by atoms with Crippen molar-refractivity contribution in [3.63, 3.8) is 0 Å². The number of rotatable bonds is 4. The lowest BCUT2D eigenvalue weighted by Gasteiger charge is -2.21. The summed E-state index contributed by atoms with van der Waals surface area (Å²) in [4.78, 5) is 14.4. The zero-order valence-corrected chi connectivity index (χ0v) is 11.5. The van der Waals surface area contributed by atoms with E-state index >= 15 is 0 Å². The molecule has 5 heteroatoms. The van der Waals surface area contributed by atoms with E-state index in [0.29, 0.717) is 5.69 Å². The summed E-state index contributed by atoms with van der Waals surface area (Å²) in [5, 5.41) is 3.90. The zero-order valence-electron chi connectivity index (χ0n) is 11.5. The van der Waals surface area contributed by atoms with Gasteiger partial charge < -0.3 is 13.8 Å². The van der Waals surface area contributed by atoms with Crippen molar-refractivity contribution in [1.29, 1.82) is 0 Å². The van der Waals surface area contributed by atoms with Gasteiger partial charge in [0.15, 0.2) is 5.69 Å². The van der Waals surface area contributed by atoms with Crippen LogP contribution in [0.1, 0.15) is 54.2 Å². The Morgan fingerprint density at radius 3 is 3.20 bits per heavy atom. The number of hydrogen-bond acceptors (Lipinski definition) is 4. The molecule has 0 N–H and O–H groups in total. The predicted molar refractivity (Wildman–Crippen MR) is 72.2 cm³/mol. The largest absolute Gasteiger partial charge is 0.467 e. The fourth-order valence-electron chi connectivity index (χ4n) is 2.71. The third-order valence-corrected chi connectivity index (χ3v) is 3.66. The van der Waals surface area contributed by atoms with Crippen LogP contribution in [0.25, 0.3) is 0 Å². The maximum absolute atomic E-state index is 12.5. The Kier molecular flexibility index (Phi) is 3.58. The molecule has 1 fully saturated rings. The molecule has 2 aromatic rings. The van der Waals surface area contributed by atoms with Gasteiger partial charge in [-0.15, -0.1) is 0 Å². The Bertz CT molecular complexity index is 574. The van der Waals surface area contributed by atoms with Crippen LogP contribution >= 0.6 is 0 Å². The summed E-state index contributed by atoms with van der Waals surface area (Å²) in [5.41, 5.74) is 0.395. The highest BCUT2D eigenvalue weighted by atomic mass is 16.5. The fourth-order valence-corrected chi connectivity index (χ4v) is 2.71. The van der Waals surface area contributed by atoms with Gasteiger partial charge >= 0.3 is 0 Å². The Labute approximate surface area is 117 Å². The van der Waals surface area contributed by atoms with Crippen molar-refractivity contribution in [2.75, 3.05) is 6.54 Å². The molecule has 1 amide bonds. The van der Waals surface area contributed by atoms with Crippen molar-refractivity contribution in [3.8, 4) is 0 Å². The normalized spacial score (nSPS) is 18.6. The SMILES string of the molecule is CCCc1cc(C(=O)N2CCC[C@H]2c2ccco2)no1. The lowest BCUT2D eigenvalue weighted by atomic mass is 10.1. The highest BCUT2D eigenvalue weighted by Crippen LogP contribution is 2.33. The van der Waals surface area contributed by atoms with Crippen molar-refractivity contribution in [3.05, 3.63) is 41.7 Å². The maximum atomic E-state index is 12.5. The Morgan fingerprint density at radius 2 is 2.45 bits per heavy atom. The van der Waals surface area contributed by atoms with Crippen LogP contribution in [-0.4, -0.2) is 22.5 Å². The minimum absolute atomic E-state index is 0.0174. The molecule has 0 radical (unpaired) electrons. The molecule has 2 aromatic heterocycles. The van der Waals surface area contributed by atoms with Gasteiger partial charge in [0.25, 0.3) is 5.91 Å². The molecular formula is C15H18N2O3. The van der Waals surface area contributed by atoms with E-state index in [1.807, 2.05) is 17.0 Å². The molecule has 0 aliphatic carbocycles. The Hall–Kier alpha value is -2.04. The molecule has 0 saturated carbocycles. The second-order valence-corrected chi connectivity index (χ2v) is 5.10. The second-order valence-electron chi connectivity index (χ2n) is 5.10. The molecule has 0 bridgehead atoms. The van der Waals surface area contributed by atoms with Gasteiger partial charge in [0.2, 0.25) is 0 Å². The standard InChI is InChI=1S/C15H18N2O3/c1-2-5-11-10-12(16-20-11)15(18)17-8-3-6-13(17)14-7-4-9-19-14/h4,7,9-10,13H,2-3,5-6,8H2,1H3/t13-/m0/s1. The molecule has 3 rings (SSSR count). The van der Waals surface area contributed by atoms with E-state index in [2.05, 4.69) is 12.1 Å². The minimum Gasteiger partial charge on any atom is -0.467 e. The van der Waals surface area contributed by atoms with Crippen molar-refractivity contribution in [2.45, 2.75) is 38.6 Å². The van der Waals surface area contributed by atoms with E-state index in [1.165, 1.54) is 0 Å². The van der Waals surface area contributed by atoms with Crippen LogP contribution in [0.2, 0.25) is 0 Å². The summed E-state index contributed by atoms with van der Waals surface area (Å²) in [6.45, 7) is 2.80. The summed E-state index contributed by atoms with van der Waals surface area (Å²) in [5.74, 6) is 1.53. The number of carbonyl (C=O) groups is 1. The number of likely N-dealkylation sites (tertiary alicyclic amines) is 1. The van der Waals surface area contributed by atoms with Gasteiger partial charge in [-0.1, -0.05) is 12.1 Å². The fraction of sp³-hybridized carbons (Fsp3) is 0.467. The maximum Gasteiger partial charge on any atom is 0.276 e. The number of amides is 1. The highest BCUT2D eigenvalue weighted by Gasteiger charge is 2.33. The number of carbonyl (C=O) groups excluding carboxylic acids is 1. The molecule has 1 aliphatic heterocycles. The van der Waals surface area contributed by atoms with E-state index in [4.69, 9.17) is 8.94 Å². The highest BCUT2D eigenvalue weighted by molar-refractivity contribution is 5.92. The first-order valence-electron chi connectivity index (χ1n) is 7.09. The first-order chi connectivity index (χ1) is 9.79. The van der Waals surface area contributed by atoms with E-state index in [1.54, 1.807) is 12.3 Å². The van der Waals surface area contributed by atoms with Crippen LogP contribution in [-0.2, 0) is 6.42 Å². The molecular weight excluding hydrogens is 256 g/mol. The number of nitrogens with zero attached hydrogens (tertiary/aromatic N) is 2.